The molecule has 2 atom stereocenters. The summed E-state index contributed by atoms with van der Waals surface area (Å²) < 4.78 is 32.3. The van der Waals surface area contributed by atoms with Crippen LogP contribution in [-0.2, 0) is 10.0 Å². The van der Waals surface area contributed by atoms with Crippen molar-refractivity contribution in [2.75, 3.05) is 13.1 Å². The number of piperazine rings is 1. The van der Waals surface area contributed by atoms with E-state index in [1.807, 2.05) is 13.8 Å². The first kappa shape index (κ1) is 18.0. The van der Waals surface area contributed by atoms with Gasteiger partial charge in [-0.3, -0.25) is 4.79 Å². The van der Waals surface area contributed by atoms with Gasteiger partial charge in [0.05, 0.1) is 16.7 Å². The molecular formula is C17H19ClN2O4S. The van der Waals surface area contributed by atoms with Gasteiger partial charge in [-0.2, -0.15) is 4.31 Å². The van der Waals surface area contributed by atoms with Crippen molar-refractivity contribution in [1.29, 1.82) is 0 Å². The third kappa shape index (κ3) is 3.31. The summed E-state index contributed by atoms with van der Waals surface area (Å²) in [5.41, 5.74) is 0.463. The monoisotopic (exact) mass is 382 g/mol. The Morgan fingerprint density at radius 2 is 1.96 bits per heavy atom. The second-order valence-electron chi connectivity index (χ2n) is 6.06. The van der Waals surface area contributed by atoms with Crippen LogP contribution in [0.5, 0.6) is 0 Å². The van der Waals surface area contributed by atoms with Crippen LogP contribution in [0.1, 0.15) is 24.2 Å². The van der Waals surface area contributed by atoms with E-state index in [1.165, 1.54) is 29.0 Å². The van der Waals surface area contributed by atoms with Gasteiger partial charge in [0.25, 0.3) is 5.91 Å². The number of nitrogens with zero attached hydrogens (tertiary/aromatic N) is 2. The standard InChI is InChI=1S/C17H19ClN2O4S/c1-12-13(2)20(25(22,23)16-5-3-4-15(18)10-16)8-7-19(12)17(21)14-6-9-24-11-14/h3-6,9-13H,7-8H2,1-2H3/t12-,13+/m0/s1. The third-order valence-corrected chi connectivity index (χ3v) is 6.85. The van der Waals surface area contributed by atoms with E-state index in [4.69, 9.17) is 16.0 Å². The number of amides is 1. The van der Waals surface area contributed by atoms with Gasteiger partial charge in [0.1, 0.15) is 6.26 Å². The highest BCUT2D eigenvalue weighted by Gasteiger charge is 2.40. The van der Waals surface area contributed by atoms with E-state index in [0.717, 1.165) is 0 Å². The molecule has 0 unspecified atom stereocenters. The predicted molar refractivity (Wildman–Crippen MR) is 94.0 cm³/mol. The average molecular weight is 383 g/mol. The average Bonchev–Trinajstić information content (AvgIpc) is 3.11. The highest BCUT2D eigenvalue weighted by molar-refractivity contribution is 7.89. The van der Waals surface area contributed by atoms with Crippen molar-refractivity contribution < 1.29 is 17.6 Å². The fourth-order valence-electron chi connectivity index (χ4n) is 3.06. The summed E-state index contributed by atoms with van der Waals surface area (Å²) in [5, 5.41) is 0.371. The van der Waals surface area contributed by atoms with E-state index < -0.39 is 10.0 Å². The minimum Gasteiger partial charge on any atom is -0.472 e. The molecule has 0 bridgehead atoms. The van der Waals surface area contributed by atoms with Crippen LogP contribution in [0.4, 0.5) is 0 Å². The van der Waals surface area contributed by atoms with Gasteiger partial charge in [0.15, 0.2) is 0 Å². The summed E-state index contributed by atoms with van der Waals surface area (Å²) in [7, 11) is -3.68. The van der Waals surface area contributed by atoms with Gasteiger partial charge < -0.3 is 9.32 Å². The molecular weight excluding hydrogens is 364 g/mol. The summed E-state index contributed by atoms with van der Waals surface area (Å²) in [6.07, 6.45) is 2.84. The fraction of sp³-hybridized carbons (Fsp3) is 0.353. The van der Waals surface area contributed by atoms with Crippen molar-refractivity contribution in [1.82, 2.24) is 9.21 Å². The van der Waals surface area contributed by atoms with Gasteiger partial charge in [-0.15, -0.1) is 0 Å². The molecule has 25 heavy (non-hydrogen) atoms. The predicted octanol–water partition coefficient (Wildman–Crippen LogP) is 2.86. The first-order valence-corrected chi connectivity index (χ1v) is 9.75. The van der Waals surface area contributed by atoms with Crippen molar-refractivity contribution in [3.63, 3.8) is 0 Å². The molecule has 3 rings (SSSR count). The molecule has 1 amide bonds. The zero-order chi connectivity index (χ0) is 18.2. The molecule has 2 heterocycles. The largest absolute Gasteiger partial charge is 0.472 e. The fourth-order valence-corrected chi connectivity index (χ4v) is 5.04. The number of sulfonamides is 1. The van der Waals surface area contributed by atoms with Gasteiger partial charge in [0.2, 0.25) is 10.0 Å². The molecule has 0 saturated carbocycles. The Morgan fingerprint density at radius 1 is 1.20 bits per heavy atom. The van der Waals surface area contributed by atoms with Crippen LogP contribution in [0.25, 0.3) is 0 Å². The summed E-state index contributed by atoms with van der Waals surface area (Å²) in [6.45, 7) is 4.20. The smallest absolute Gasteiger partial charge is 0.257 e. The van der Waals surface area contributed by atoms with Gasteiger partial charge >= 0.3 is 0 Å². The van der Waals surface area contributed by atoms with Crippen LogP contribution < -0.4 is 0 Å². The highest BCUT2D eigenvalue weighted by atomic mass is 35.5. The van der Waals surface area contributed by atoms with E-state index in [0.29, 0.717) is 17.1 Å². The normalized spacial score (nSPS) is 22.1. The Kier molecular flexibility index (Phi) is 4.90. The molecule has 134 valence electrons. The van der Waals surface area contributed by atoms with Gasteiger partial charge in [-0.05, 0) is 38.1 Å². The van der Waals surface area contributed by atoms with Crippen molar-refractivity contribution in [3.8, 4) is 0 Å². The molecule has 0 spiro atoms. The van der Waals surface area contributed by atoms with E-state index >= 15 is 0 Å². The Hall–Kier alpha value is -1.83. The molecule has 1 aromatic carbocycles. The zero-order valence-corrected chi connectivity index (χ0v) is 15.5. The van der Waals surface area contributed by atoms with Crippen molar-refractivity contribution in [2.24, 2.45) is 0 Å². The van der Waals surface area contributed by atoms with E-state index in [9.17, 15) is 13.2 Å². The molecule has 0 N–H and O–H groups in total. The molecule has 0 radical (unpaired) electrons. The van der Waals surface area contributed by atoms with Crippen LogP contribution >= 0.6 is 11.6 Å². The molecule has 1 fully saturated rings. The van der Waals surface area contributed by atoms with E-state index in [1.54, 1.807) is 23.1 Å². The molecule has 8 heteroatoms. The minimum absolute atomic E-state index is 0.159. The van der Waals surface area contributed by atoms with E-state index in [-0.39, 0.29) is 29.4 Å². The molecule has 1 aromatic heterocycles. The third-order valence-electron chi connectivity index (χ3n) is 4.64. The second-order valence-corrected chi connectivity index (χ2v) is 8.39. The lowest BCUT2D eigenvalue weighted by molar-refractivity contribution is 0.0482. The lowest BCUT2D eigenvalue weighted by Gasteiger charge is -2.44. The van der Waals surface area contributed by atoms with Crippen LogP contribution in [0, 0.1) is 0 Å². The van der Waals surface area contributed by atoms with Crippen molar-refractivity contribution >= 4 is 27.5 Å². The van der Waals surface area contributed by atoms with Crippen LogP contribution in [0.3, 0.4) is 0 Å². The minimum atomic E-state index is -3.68. The summed E-state index contributed by atoms with van der Waals surface area (Å²) in [6, 6.07) is 7.18. The zero-order valence-electron chi connectivity index (χ0n) is 13.9. The number of benzene rings is 1. The molecule has 2 aromatic rings. The molecule has 6 nitrogen and oxygen atoms in total. The maximum Gasteiger partial charge on any atom is 0.257 e. The van der Waals surface area contributed by atoms with E-state index in [2.05, 4.69) is 0 Å². The van der Waals surface area contributed by atoms with Crippen LogP contribution in [0.15, 0.2) is 52.2 Å². The lowest BCUT2D eigenvalue weighted by Crippen LogP contribution is -2.60. The van der Waals surface area contributed by atoms with Gasteiger partial charge in [0, 0.05) is 30.2 Å². The molecule has 1 saturated heterocycles. The number of hydrogen-bond acceptors (Lipinski definition) is 4. The number of carbonyl (C=O) groups excluding carboxylic acids is 1. The molecule has 0 aliphatic carbocycles. The number of halogens is 1. The van der Waals surface area contributed by atoms with Crippen LogP contribution in [0.2, 0.25) is 5.02 Å². The maximum absolute atomic E-state index is 12.9. The lowest BCUT2D eigenvalue weighted by atomic mass is 10.1. The van der Waals surface area contributed by atoms with Crippen molar-refractivity contribution in [3.05, 3.63) is 53.4 Å². The quantitative estimate of drug-likeness (QED) is 0.818. The van der Waals surface area contributed by atoms with Crippen LogP contribution in [-0.4, -0.2) is 48.7 Å². The van der Waals surface area contributed by atoms with Gasteiger partial charge in [-0.1, -0.05) is 17.7 Å². The Bertz CT molecular complexity index is 867. The summed E-state index contributed by atoms with van der Waals surface area (Å²) in [4.78, 5) is 14.4. The summed E-state index contributed by atoms with van der Waals surface area (Å²) >= 11 is 5.93. The Morgan fingerprint density at radius 3 is 2.60 bits per heavy atom. The SMILES string of the molecule is C[C@@H]1[C@H](C)N(C(=O)c2ccoc2)CCN1S(=O)(=O)c1cccc(Cl)c1. The first-order valence-electron chi connectivity index (χ1n) is 7.93. The first-order chi connectivity index (χ1) is 11.8. The number of furan rings is 1. The topological polar surface area (TPSA) is 70.8 Å². The molecule has 1 aliphatic rings. The van der Waals surface area contributed by atoms with Crippen molar-refractivity contribution in [2.45, 2.75) is 30.8 Å². The highest BCUT2D eigenvalue weighted by Crippen LogP contribution is 2.27. The number of rotatable bonds is 3. The van der Waals surface area contributed by atoms with Gasteiger partial charge in [-0.25, -0.2) is 8.42 Å². The maximum atomic E-state index is 12.9. The molecule has 1 aliphatic heterocycles. The Balaban J connectivity index is 1.84. The summed E-state index contributed by atoms with van der Waals surface area (Å²) in [5.74, 6) is -0.159. The Labute approximate surface area is 152 Å². The number of hydrogen-bond donors (Lipinski definition) is 0. The number of carbonyl (C=O) groups is 1. The second kappa shape index (κ2) is 6.82.